The topological polar surface area (TPSA) is 93.0 Å². The highest BCUT2D eigenvalue weighted by molar-refractivity contribution is 5.92. The van der Waals surface area contributed by atoms with Crippen LogP contribution in [-0.4, -0.2) is 16.9 Å². The minimum atomic E-state index is -0.523. The van der Waals surface area contributed by atoms with Crippen molar-refractivity contribution in [3.63, 3.8) is 0 Å². The van der Waals surface area contributed by atoms with Gasteiger partial charge in [0.1, 0.15) is 5.69 Å². The molecule has 7 nitrogen and oxygen atoms in total. The summed E-state index contributed by atoms with van der Waals surface area (Å²) in [7, 11) is 0. The van der Waals surface area contributed by atoms with Crippen LogP contribution in [0.5, 0.6) is 0 Å². The van der Waals surface area contributed by atoms with Crippen LogP contribution in [-0.2, 0) is 4.84 Å². The van der Waals surface area contributed by atoms with E-state index in [4.69, 9.17) is 4.84 Å². The molecule has 0 spiro atoms. The van der Waals surface area contributed by atoms with Crippen LogP contribution in [0.25, 0.3) is 0 Å². The fourth-order valence-electron chi connectivity index (χ4n) is 2.09. The minimum absolute atomic E-state index is 0.225. The SMILES string of the molecule is Cc1ccc(C(=O)ONc2ccc(N=NC(=O)c3ccccn3)cc2)cc1. The van der Waals surface area contributed by atoms with E-state index in [1.807, 2.05) is 19.1 Å². The molecule has 0 saturated carbocycles. The average molecular weight is 360 g/mol. The fourth-order valence-corrected chi connectivity index (χ4v) is 2.09. The summed E-state index contributed by atoms with van der Waals surface area (Å²) in [6, 6.07) is 18.6. The van der Waals surface area contributed by atoms with Gasteiger partial charge in [0.25, 0.3) is 0 Å². The molecule has 2 aromatic carbocycles. The maximum absolute atomic E-state index is 11.9. The van der Waals surface area contributed by atoms with Crippen molar-refractivity contribution in [1.29, 1.82) is 0 Å². The quantitative estimate of drug-likeness (QED) is 0.534. The minimum Gasteiger partial charge on any atom is -0.338 e. The molecule has 0 aliphatic carbocycles. The summed E-state index contributed by atoms with van der Waals surface area (Å²) in [5.41, 5.74) is 5.35. The number of pyridine rings is 1. The second-order valence-electron chi connectivity index (χ2n) is 5.62. The standard InChI is InChI=1S/C20H16N4O3/c1-14-5-7-15(8-6-14)20(26)27-24-17-11-9-16(10-12-17)22-23-19(25)18-4-2-3-13-21-18/h2-13,24H,1H3. The lowest BCUT2D eigenvalue weighted by Crippen LogP contribution is -2.10. The smallest absolute Gasteiger partial charge is 0.338 e. The third-order valence-corrected chi connectivity index (χ3v) is 3.56. The summed E-state index contributed by atoms with van der Waals surface area (Å²) in [5.74, 6) is -1.01. The Morgan fingerprint density at radius 1 is 0.963 bits per heavy atom. The molecule has 0 fully saturated rings. The highest BCUT2D eigenvalue weighted by Crippen LogP contribution is 2.17. The number of hydrogen-bond acceptors (Lipinski definition) is 6. The van der Waals surface area contributed by atoms with Crippen LogP contribution in [0, 0.1) is 6.92 Å². The number of amides is 1. The monoisotopic (exact) mass is 360 g/mol. The van der Waals surface area contributed by atoms with Gasteiger partial charge in [0.05, 0.1) is 16.9 Å². The number of benzene rings is 2. The number of carbonyl (C=O) groups excluding carboxylic acids is 2. The molecule has 134 valence electrons. The number of aromatic nitrogens is 1. The van der Waals surface area contributed by atoms with Crippen molar-refractivity contribution in [3.8, 4) is 0 Å². The largest absolute Gasteiger partial charge is 0.362 e. The van der Waals surface area contributed by atoms with Gasteiger partial charge in [0, 0.05) is 6.20 Å². The number of aryl methyl sites for hydroxylation is 1. The van der Waals surface area contributed by atoms with E-state index in [-0.39, 0.29) is 5.69 Å². The number of azo groups is 1. The van der Waals surface area contributed by atoms with Crippen LogP contribution in [0.1, 0.15) is 26.4 Å². The van der Waals surface area contributed by atoms with Gasteiger partial charge in [-0.2, -0.15) is 0 Å². The number of nitrogens with zero attached hydrogens (tertiary/aromatic N) is 3. The van der Waals surface area contributed by atoms with Crippen molar-refractivity contribution >= 4 is 23.3 Å². The lowest BCUT2D eigenvalue weighted by Gasteiger charge is -2.07. The summed E-state index contributed by atoms with van der Waals surface area (Å²) in [6.45, 7) is 1.94. The van der Waals surface area contributed by atoms with Gasteiger partial charge in [0.15, 0.2) is 0 Å². The molecule has 0 unspecified atom stereocenters. The van der Waals surface area contributed by atoms with Crippen LogP contribution in [0.3, 0.4) is 0 Å². The molecule has 7 heteroatoms. The zero-order valence-corrected chi connectivity index (χ0v) is 14.5. The summed E-state index contributed by atoms with van der Waals surface area (Å²) < 4.78 is 0. The molecular formula is C20H16N4O3. The Balaban J connectivity index is 1.55. The zero-order chi connectivity index (χ0) is 19.1. The molecule has 1 amide bonds. The van der Waals surface area contributed by atoms with Crippen molar-refractivity contribution in [3.05, 3.63) is 89.7 Å². The van der Waals surface area contributed by atoms with E-state index >= 15 is 0 Å². The summed E-state index contributed by atoms with van der Waals surface area (Å²) in [5, 5.41) is 7.51. The Morgan fingerprint density at radius 2 is 1.70 bits per heavy atom. The third-order valence-electron chi connectivity index (χ3n) is 3.56. The second kappa shape index (κ2) is 8.48. The van der Waals surface area contributed by atoms with E-state index in [0.717, 1.165) is 5.56 Å². The van der Waals surface area contributed by atoms with Crippen molar-refractivity contribution < 1.29 is 14.4 Å². The molecule has 0 bridgehead atoms. The van der Waals surface area contributed by atoms with Crippen LogP contribution in [0.2, 0.25) is 0 Å². The van der Waals surface area contributed by atoms with Gasteiger partial charge in [-0.3, -0.25) is 9.78 Å². The van der Waals surface area contributed by atoms with E-state index in [1.165, 1.54) is 6.20 Å². The molecule has 1 aromatic heterocycles. The van der Waals surface area contributed by atoms with Crippen molar-refractivity contribution in [1.82, 2.24) is 4.98 Å². The molecular weight excluding hydrogens is 344 g/mol. The molecule has 3 rings (SSSR count). The average Bonchev–Trinajstić information content (AvgIpc) is 2.72. The summed E-state index contributed by atoms with van der Waals surface area (Å²) in [6.07, 6.45) is 1.51. The Hall–Kier alpha value is -3.87. The molecule has 0 radical (unpaired) electrons. The third kappa shape index (κ3) is 5.05. The van der Waals surface area contributed by atoms with Crippen molar-refractivity contribution in [2.45, 2.75) is 6.92 Å². The van der Waals surface area contributed by atoms with Gasteiger partial charge in [-0.1, -0.05) is 23.8 Å². The van der Waals surface area contributed by atoms with Crippen LogP contribution < -0.4 is 5.48 Å². The summed E-state index contributed by atoms with van der Waals surface area (Å²) in [4.78, 5) is 32.7. The first kappa shape index (κ1) is 17.9. The zero-order valence-electron chi connectivity index (χ0n) is 14.5. The van der Waals surface area contributed by atoms with Gasteiger partial charge < -0.3 is 4.84 Å². The highest BCUT2D eigenvalue weighted by Gasteiger charge is 2.07. The summed E-state index contributed by atoms with van der Waals surface area (Å²) >= 11 is 0. The van der Waals surface area contributed by atoms with E-state index in [0.29, 0.717) is 16.9 Å². The maximum Gasteiger partial charge on any atom is 0.362 e. The van der Waals surface area contributed by atoms with E-state index in [1.54, 1.807) is 54.6 Å². The van der Waals surface area contributed by atoms with Crippen molar-refractivity contribution in [2.75, 3.05) is 5.48 Å². The first-order valence-corrected chi connectivity index (χ1v) is 8.13. The lowest BCUT2D eigenvalue weighted by molar-refractivity contribution is 0.0596. The number of carbonyl (C=O) groups is 2. The van der Waals surface area contributed by atoms with Gasteiger partial charge in [-0.25, -0.2) is 10.3 Å². The lowest BCUT2D eigenvalue weighted by atomic mass is 10.2. The first-order chi connectivity index (χ1) is 13.1. The molecule has 1 N–H and O–H groups in total. The fraction of sp³-hybridized carbons (Fsp3) is 0.0500. The highest BCUT2D eigenvalue weighted by atomic mass is 16.7. The molecule has 0 aliphatic heterocycles. The second-order valence-corrected chi connectivity index (χ2v) is 5.62. The first-order valence-electron chi connectivity index (χ1n) is 8.13. The molecule has 0 atom stereocenters. The van der Waals surface area contributed by atoms with Gasteiger partial charge in [-0.05, 0) is 55.5 Å². The normalized spacial score (nSPS) is 10.6. The number of nitrogens with one attached hydrogen (secondary N) is 1. The molecule has 1 heterocycles. The number of rotatable bonds is 5. The predicted molar refractivity (Wildman–Crippen MR) is 99.7 cm³/mol. The van der Waals surface area contributed by atoms with Crippen LogP contribution >= 0.6 is 0 Å². The van der Waals surface area contributed by atoms with E-state index in [9.17, 15) is 9.59 Å². The number of anilines is 1. The van der Waals surface area contributed by atoms with Gasteiger partial charge in [-0.15, -0.1) is 10.2 Å². The molecule has 0 saturated heterocycles. The van der Waals surface area contributed by atoms with Gasteiger partial charge >= 0.3 is 11.9 Å². The number of hydrogen-bond donors (Lipinski definition) is 1. The van der Waals surface area contributed by atoms with Crippen molar-refractivity contribution in [2.24, 2.45) is 10.2 Å². The Kier molecular flexibility index (Phi) is 5.64. The Morgan fingerprint density at radius 3 is 2.37 bits per heavy atom. The van der Waals surface area contributed by atoms with Crippen LogP contribution in [0.4, 0.5) is 11.4 Å². The van der Waals surface area contributed by atoms with E-state index < -0.39 is 11.9 Å². The van der Waals surface area contributed by atoms with E-state index in [2.05, 4.69) is 20.7 Å². The molecule has 27 heavy (non-hydrogen) atoms. The molecule has 0 aliphatic rings. The predicted octanol–water partition coefficient (Wildman–Crippen LogP) is 4.50. The molecule has 3 aromatic rings. The maximum atomic E-state index is 11.9. The Bertz CT molecular complexity index is 953. The van der Waals surface area contributed by atoms with Gasteiger partial charge in [0.2, 0.25) is 0 Å². The van der Waals surface area contributed by atoms with Crippen LogP contribution in [0.15, 0.2) is 83.2 Å². The Labute approximate surface area is 155 Å².